The van der Waals surface area contributed by atoms with Gasteiger partial charge in [-0.2, -0.15) is 0 Å². The van der Waals surface area contributed by atoms with Crippen LogP contribution in [0.25, 0.3) is 0 Å². The van der Waals surface area contributed by atoms with Gasteiger partial charge in [-0.05, 0) is 24.8 Å². The number of anilines is 1. The fraction of sp³-hybridized carbons (Fsp3) is 0.417. The molecule has 0 unspecified atom stereocenters. The van der Waals surface area contributed by atoms with Gasteiger partial charge in [0.25, 0.3) is 5.69 Å². The van der Waals surface area contributed by atoms with Crippen molar-refractivity contribution < 1.29 is 14.8 Å². The Morgan fingerprint density at radius 2 is 2.22 bits per heavy atom. The number of nitro groups is 1. The molecule has 1 aromatic rings. The Labute approximate surface area is 104 Å². The van der Waals surface area contributed by atoms with Gasteiger partial charge in [-0.3, -0.25) is 14.9 Å². The summed E-state index contributed by atoms with van der Waals surface area (Å²) in [6, 6.07) is 3.56. The minimum Gasteiger partial charge on any atom is -0.506 e. The smallest absolute Gasteiger partial charge is 0.271 e. The number of carbonyl (C=O) groups excluding carboxylic acids is 1. The standard InChI is InChI=1S/C12H14N2O4/c15-11-5-4-9(14(17)18)7-10(11)13-12(16)6-8-2-1-3-8/h4-5,7-8,15H,1-3,6H2,(H,13,16). The third kappa shape index (κ3) is 2.77. The van der Waals surface area contributed by atoms with E-state index >= 15 is 0 Å². The van der Waals surface area contributed by atoms with Crippen molar-refractivity contribution in [3.63, 3.8) is 0 Å². The van der Waals surface area contributed by atoms with E-state index < -0.39 is 4.92 Å². The van der Waals surface area contributed by atoms with Crippen LogP contribution in [-0.2, 0) is 4.79 Å². The maximum Gasteiger partial charge on any atom is 0.271 e. The number of nitrogens with one attached hydrogen (secondary N) is 1. The van der Waals surface area contributed by atoms with Crippen molar-refractivity contribution in [2.75, 3.05) is 5.32 Å². The molecule has 2 N–H and O–H groups in total. The van der Waals surface area contributed by atoms with Gasteiger partial charge in [-0.25, -0.2) is 0 Å². The van der Waals surface area contributed by atoms with Gasteiger partial charge in [0, 0.05) is 18.6 Å². The van der Waals surface area contributed by atoms with Crippen molar-refractivity contribution in [1.29, 1.82) is 0 Å². The molecule has 0 bridgehead atoms. The first-order valence-electron chi connectivity index (χ1n) is 5.83. The molecular weight excluding hydrogens is 236 g/mol. The first kappa shape index (κ1) is 12.3. The summed E-state index contributed by atoms with van der Waals surface area (Å²) in [4.78, 5) is 21.7. The van der Waals surface area contributed by atoms with E-state index in [0.717, 1.165) is 25.3 Å². The average Bonchev–Trinajstić information content (AvgIpc) is 2.26. The van der Waals surface area contributed by atoms with Crippen molar-refractivity contribution in [2.24, 2.45) is 5.92 Å². The molecule has 1 amide bonds. The van der Waals surface area contributed by atoms with Gasteiger partial charge >= 0.3 is 0 Å². The summed E-state index contributed by atoms with van der Waals surface area (Å²) in [6.07, 6.45) is 3.66. The normalized spacial score (nSPS) is 14.9. The summed E-state index contributed by atoms with van der Waals surface area (Å²) in [5, 5.41) is 22.6. The van der Waals surface area contributed by atoms with Crippen LogP contribution in [0.15, 0.2) is 18.2 Å². The lowest BCUT2D eigenvalue weighted by atomic mass is 9.83. The Morgan fingerprint density at radius 1 is 1.50 bits per heavy atom. The second kappa shape index (κ2) is 5.03. The van der Waals surface area contributed by atoms with Crippen molar-refractivity contribution >= 4 is 17.3 Å². The average molecular weight is 250 g/mol. The molecule has 0 aromatic heterocycles. The van der Waals surface area contributed by atoms with Crippen LogP contribution < -0.4 is 5.32 Å². The molecule has 1 aromatic carbocycles. The predicted octanol–water partition coefficient (Wildman–Crippen LogP) is 2.43. The topological polar surface area (TPSA) is 92.5 Å². The Morgan fingerprint density at radius 3 is 2.78 bits per heavy atom. The Balaban J connectivity index is 2.04. The molecule has 18 heavy (non-hydrogen) atoms. The highest BCUT2D eigenvalue weighted by Crippen LogP contribution is 2.31. The van der Waals surface area contributed by atoms with Gasteiger partial charge in [0.15, 0.2) is 0 Å². The number of non-ortho nitro benzene ring substituents is 1. The summed E-state index contributed by atoms with van der Waals surface area (Å²) >= 11 is 0. The lowest BCUT2D eigenvalue weighted by Gasteiger charge is -2.24. The van der Waals surface area contributed by atoms with Crippen LogP contribution in [0.3, 0.4) is 0 Å². The molecule has 96 valence electrons. The van der Waals surface area contributed by atoms with E-state index in [-0.39, 0.29) is 23.0 Å². The van der Waals surface area contributed by atoms with Crippen LogP contribution in [0.2, 0.25) is 0 Å². The molecule has 1 fully saturated rings. The van der Waals surface area contributed by atoms with Crippen LogP contribution in [-0.4, -0.2) is 15.9 Å². The molecule has 0 spiro atoms. The number of rotatable bonds is 4. The first-order chi connectivity index (χ1) is 8.56. The molecule has 0 saturated heterocycles. The van der Waals surface area contributed by atoms with E-state index in [1.807, 2.05) is 0 Å². The number of hydrogen-bond acceptors (Lipinski definition) is 4. The Bertz CT molecular complexity index is 483. The molecule has 6 nitrogen and oxygen atoms in total. The summed E-state index contributed by atoms with van der Waals surface area (Å²) in [5.41, 5.74) is -0.0692. The van der Waals surface area contributed by atoms with Crippen LogP contribution in [0.4, 0.5) is 11.4 Å². The zero-order chi connectivity index (χ0) is 13.1. The second-order valence-electron chi connectivity index (χ2n) is 4.51. The SMILES string of the molecule is O=C(CC1CCC1)Nc1cc([N+](=O)[O-])ccc1O. The number of aromatic hydroxyl groups is 1. The fourth-order valence-corrected chi connectivity index (χ4v) is 1.90. The third-order valence-electron chi connectivity index (χ3n) is 3.16. The van der Waals surface area contributed by atoms with Crippen molar-refractivity contribution in [3.05, 3.63) is 28.3 Å². The maximum atomic E-state index is 11.7. The number of amides is 1. The Kier molecular flexibility index (Phi) is 3.45. The van der Waals surface area contributed by atoms with Gasteiger partial charge in [-0.15, -0.1) is 0 Å². The van der Waals surface area contributed by atoms with E-state index in [0.29, 0.717) is 12.3 Å². The van der Waals surface area contributed by atoms with Gasteiger partial charge in [-0.1, -0.05) is 6.42 Å². The van der Waals surface area contributed by atoms with E-state index in [1.54, 1.807) is 0 Å². The van der Waals surface area contributed by atoms with Crippen molar-refractivity contribution in [1.82, 2.24) is 0 Å². The second-order valence-corrected chi connectivity index (χ2v) is 4.51. The van der Waals surface area contributed by atoms with Gasteiger partial charge < -0.3 is 10.4 Å². The largest absolute Gasteiger partial charge is 0.506 e. The molecule has 0 heterocycles. The summed E-state index contributed by atoms with van der Waals surface area (Å²) in [7, 11) is 0. The molecule has 1 aliphatic carbocycles. The zero-order valence-electron chi connectivity index (χ0n) is 9.76. The van der Waals surface area contributed by atoms with Crippen LogP contribution >= 0.6 is 0 Å². The van der Waals surface area contributed by atoms with E-state index in [9.17, 15) is 20.0 Å². The monoisotopic (exact) mass is 250 g/mol. The number of phenolic OH excluding ortho intramolecular Hbond substituents is 1. The minimum absolute atomic E-state index is 0.0912. The van der Waals surface area contributed by atoms with E-state index in [1.165, 1.54) is 12.1 Å². The highest BCUT2D eigenvalue weighted by Gasteiger charge is 2.21. The van der Waals surface area contributed by atoms with Crippen molar-refractivity contribution in [3.8, 4) is 5.75 Å². The molecule has 0 atom stereocenters. The summed E-state index contributed by atoms with van der Waals surface area (Å²) in [6.45, 7) is 0. The molecule has 1 aliphatic rings. The van der Waals surface area contributed by atoms with E-state index in [2.05, 4.69) is 5.32 Å². The number of nitro benzene ring substituents is 1. The van der Waals surface area contributed by atoms with Gasteiger partial charge in [0.2, 0.25) is 5.91 Å². The van der Waals surface area contributed by atoms with Crippen LogP contribution in [0, 0.1) is 16.0 Å². The zero-order valence-corrected chi connectivity index (χ0v) is 9.76. The van der Waals surface area contributed by atoms with Crippen LogP contribution in [0.1, 0.15) is 25.7 Å². The maximum absolute atomic E-state index is 11.7. The molecule has 0 aliphatic heterocycles. The van der Waals surface area contributed by atoms with Crippen molar-refractivity contribution in [2.45, 2.75) is 25.7 Å². The third-order valence-corrected chi connectivity index (χ3v) is 3.16. The quantitative estimate of drug-likeness (QED) is 0.487. The highest BCUT2D eigenvalue weighted by molar-refractivity contribution is 5.92. The predicted molar refractivity (Wildman–Crippen MR) is 65.3 cm³/mol. The lowest BCUT2D eigenvalue weighted by Crippen LogP contribution is -2.20. The highest BCUT2D eigenvalue weighted by atomic mass is 16.6. The Hall–Kier alpha value is -2.11. The molecule has 6 heteroatoms. The van der Waals surface area contributed by atoms with E-state index in [4.69, 9.17) is 0 Å². The molecular formula is C12H14N2O4. The number of benzene rings is 1. The van der Waals surface area contributed by atoms with Gasteiger partial charge in [0.1, 0.15) is 5.75 Å². The fourth-order valence-electron chi connectivity index (χ4n) is 1.90. The lowest BCUT2D eigenvalue weighted by molar-refractivity contribution is -0.384. The number of nitrogens with zero attached hydrogens (tertiary/aromatic N) is 1. The number of carbonyl (C=O) groups is 1. The minimum atomic E-state index is -0.568. The number of hydrogen-bond donors (Lipinski definition) is 2. The molecule has 1 saturated carbocycles. The first-order valence-corrected chi connectivity index (χ1v) is 5.83. The van der Waals surface area contributed by atoms with Gasteiger partial charge in [0.05, 0.1) is 10.6 Å². The van der Waals surface area contributed by atoms with Crippen LogP contribution in [0.5, 0.6) is 5.75 Å². The summed E-state index contributed by atoms with van der Waals surface area (Å²) < 4.78 is 0. The summed E-state index contributed by atoms with van der Waals surface area (Å²) in [5.74, 6) is 0.0314. The number of phenols is 1. The molecule has 0 radical (unpaired) electrons. The molecule has 2 rings (SSSR count).